The molecule has 0 saturated carbocycles. The van der Waals surface area contributed by atoms with Gasteiger partial charge in [-0.2, -0.15) is 4.98 Å². The number of hydrogen-bond donors (Lipinski definition) is 0. The number of fused-ring (bicyclic) bond motifs is 2. The molecule has 4 rings (SSSR count). The third-order valence-electron chi connectivity index (χ3n) is 3.71. The van der Waals surface area contributed by atoms with Gasteiger partial charge in [-0.05, 0) is 23.7 Å². The van der Waals surface area contributed by atoms with Crippen LogP contribution in [0.5, 0.6) is 0 Å². The molecule has 0 aliphatic rings. The van der Waals surface area contributed by atoms with Gasteiger partial charge in [0.1, 0.15) is 0 Å². The van der Waals surface area contributed by atoms with E-state index in [9.17, 15) is 0 Å². The van der Waals surface area contributed by atoms with Gasteiger partial charge in [0.05, 0.1) is 5.69 Å². The molecule has 7 heteroatoms. The van der Waals surface area contributed by atoms with Crippen molar-refractivity contribution in [2.24, 2.45) is 7.05 Å². The van der Waals surface area contributed by atoms with Crippen LogP contribution in [0.15, 0.2) is 42.7 Å². The van der Waals surface area contributed by atoms with Crippen LogP contribution in [0.4, 0.5) is 0 Å². The highest BCUT2D eigenvalue weighted by Crippen LogP contribution is 2.35. The minimum atomic E-state index is 0.265. The fourth-order valence-electron chi connectivity index (χ4n) is 2.76. The Labute approximate surface area is 148 Å². The van der Waals surface area contributed by atoms with Crippen LogP contribution in [0, 0.1) is 0 Å². The van der Waals surface area contributed by atoms with Crippen LogP contribution in [0.2, 0.25) is 5.28 Å². The molecule has 0 amide bonds. The van der Waals surface area contributed by atoms with Gasteiger partial charge in [-0.25, -0.2) is 4.98 Å². The van der Waals surface area contributed by atoms with E-state index in [1.165, 1.54) is 5.52 Å². The summed E-state index contributed by atoms with van der Waals surface area (Å²) in [5.74, 6) is 0. The quantitative estimate of drug-likeness (QED) is 0.322. The van der Waals surface area contributed by atoms with E-state index in [1.807, 2.05) is 35.4 Å². The van der Waals surface area contributed by atoms with Crippen LogP contribution in [0.25, 0.3) is 33.2 Å². The molecule has 4 nitrogen and oxygen atoms in total. The summed E-state index contributed by atoms with van der Waals surface area (Å²) < 4.78 is 4.09. The van der Waals surface area contributed by atoms with E-state index in [0.29, 0.717) is 0 Å². The monoisotopic (exact) mass is 440 g/mol. The molecule has 0 N–H and O–H groups in total. The van der Waals surface area contributed by atoms with Crippen molar-refractivity contribution in [1.29, 1.82) is 0 Å². The molecular weight excluding hydrogens is 431 g/mol. The van der Waals surface area contributed by atoms with Crippen LogP contribution in [-0.2, 0) is 7.05 Å². The van der Waals surface area contributed by atoms with E-state index in [-0.39, 0.29) is 5.28 Å². The summed E-state index contributed by atoms with van der Waals surface area (Å²) in [6, 6.07) is 10.3. The van der Waals surface area contributed by atoms with Gasteiger partial charge in [-0.15, -0.1) is 0 Å². The Hall–Kier alpha value is -1.25. The van der Waals surface area contributed by atoms with Crippen molar-refractivity contribution < 1.29 is 0 Å². The second-order valence-electron chi connectivity index (χ2n) is 4.96. The number of benzene rings is 1. The van der Waals surface area contributed by atoms with E-state index in [2.05, 4.69) is 54.1 Å². The highest BCUT2D eigenvalue weighted by Gasteiger charge is 2.16. The minimum Gasteiger partial charge on any atom is -0.350 e. The average Bonchev–Trinajstić information content (AvgIpc) is 3.08. The Kier molecular flexibility index (Phi) is 3.54. The molecule has 0 unspecified atom stereocenters. The van der Waals surface area contributed by atoms with Crippen molar-refractivity contribution in [2.75, 3.05) is 0 Å². The van der Waals surface area contributed by atoms with Crippen molar-refractivity contribution >= 4 is 63.9 Å². The second kappa shape index (κ2) is 5.43. The topological polar surface area (TPSA) is 35.6 Å². The Morgan fingerprint density at radius 1 is 1.14 bits per heavy atom. The summed E-state index contributed by atoms with van der Waals surface area (Å²) >= 11 is 8.39. The van der Waals surface area contributed by atoms with Gasteiger partial charge in [0, 0.05) is 71.6 Å². The molecule has 3 heterocycles. The van der Waals surface area contributed by atoms with Gasteiger partial charge in [0.15, 0.2) is 5.65 Å². The largest absolute Gasteiger partial charge is 0.350 e. The predicted molar refractivity (Wildman–Crippen MR) is 101 cm³/mol. The molecular formula is C15H10ClIN4S. The SMILES string of the molecule is Cn1cc(-c2nc(Cl)nc3c2ccn3SI)c2ccccc21. The Morgan fingerprint density at radius 2 is 1.95 bits per heavy atom. The lowest BCUT2D eigenvalue weighted by molar-refractivity contribution is 0.969. The fourth-order valence-corrected chi connectivity index (χ4v) is 4.19. The molecule has 22 heavy (non-hydrogen) atoms. The second-order valence-corrected chi connectivity index (χ2v) is 7.01. The van der Waals surface area contributed by atoms with Gasteiger partial charge in [0.2, 0.25) is 5.28 Å². The van der Waals surface area contributed by atoms with E-state index in [1.54, 1.807) is 9.12 Å². The number of aromatic nitrogens is 4. The van der Waals surface area contributed by atoms with Crippen molar-refractivity contribution in [3.63, 3.8) is 0 Å². The third kappa shape index (κ3) is 2.12. The molecule has 0 spiro atoms. The normalized spacial score (nSPS) is 11.6. The zero-order valence-corrected chi connectivity index (χ0v) is 15.2. The number of hydrogen-bond acceptors (Lipinski definition) is 3. The van der Waals surface area contributed by atoms with Gasteiger partial charge >= 0.3 is 0 Å². The number of aryl methyl sites for hydroxylation is 1. The van der Waals surface area contributed by atoms with E-state index >= 15 is 0 Å². The zero-order chi connectivity index (χ0) is 15.3. The summed E-state index contributed by atoms with van der Waals surface area (Å²) in [5, 5.41) is 2.43. The van der Waals surface area contributed by atoms with Crippen LogP contribution >= 0.6 is 41.9 Å². The first-order valence-corrected chi connectivity index (χ1v) is 10.3. The standard InChI is InChI=1S/C15H10ClIN4S/c1-20-8-11(9-4-2-3-5-12(9)20)13-10-6-7-21(22-17)14(10)19-15(16)18-13/h2-8H,1H3. The molecule has 3 aromatic heterocycles. The van der Waals surface area contributed by atoms with Crippen molar-refractivity contribution in [1.82, 2.24) is 18.5 Å². The van der Waals surface area contributed by atoms with Crippen LogP contribution in [0.3, 0.4) is 0 Å². The molecule has 0 aliphatic carbocycles. The maximum Gasteiger partial charge on any atom is 0.224 e. The van der Waals surface area contributed by atoms with E-state index in [4.69, 9.17) is 11.6 Å². The van der Waals surface area contributed by atoms with Gasteiger partial charge < -0.3 is 4.57 Å². The lowest BCUT2D eigenvalue weighted by atomic mass is 10.1. The third-order valence-corrected chi connectivity index (χ3v) is 5.60. The number of nitrogens with zero attached hydrogens (tertiary/aromatic N) is 4. The summed E-state index contributed by atoms with van der Waals surface area (Å²) in [6.45, 7) is 0. The summed E-state index contributed by atoms with van der Waals surface area (Å²) in [4.78, 5) is 8.86. The van der Waals surface area contributed by atoms with Crippen LogP contribution < -0.4 is 0 Å². The zero-order valence-electron chi connectivity index (χ0n) is 11.5. The maximum atomic E-state index is 6.16. The van der Waals surface area contributed by atoms with Gasteiger partial charge in [-0.1, -0.05) is 18.2 Å². The number of halogens is 2. The molecule has 0 bridgehead atoms. The van der Waals surface area contributed by atoms with Gasteiger partial charge in [0.25, 0.3) is 0 Å². The number of para-hydroxylation sites is 1. The Morgan fingerprint density at radius 3 is 2.77 bits per heavy atom. The molecule has 0 aliphatic heterocycles. The van der Waals surface area contributed by atoms with E-state index < -0.39 is 0 Å². The van der Waals surface area contributed by atoms with Crippen molar-refractivity contribution in [3.05, 3.63) is 48.0 Å². The predicted octanol–water partition coefficient (Wildman–Crippen LogP) is 5.09. The smallest absolute Gasteiger partial charge is 0.224 e. The first kappa shape index (κ1) is 14.3. The molecule has 4 aromatic rings. The lowest BCUT2D eigenvalue weighted by Gasteiger charge is -2.03. The van der Waals surface area contributed by atoms with Crippen molar-refractivity contribution in [2.45, 2.75) is 0 Å². The Balaban J connectivity index is 2.10. The van der Waals surface area contributed by atoms with E-state index in [0.717, 1.165) is 27.7 Å². The highest BCUT2D eigenvalue weighted by molar-refractivity contribution is 14.2. The highest BCUT2D eigenvalue weighted by atomic mass is 127. The molecule has 1 aromatic carbocycles. The number of rotatable bonds is 2. The molecule has 0 radical (unpaired) electrons. The summed E-state index contributed by atoms with van der Waals surface area (Å²) in [7, 11) is 3.60. The Bertz CT molecular complexity index is 1010. The molecule has 110 valence electrons. The molecule has 0 saturated heterocycles. The fraction of sp³-hybridized carbons (Fsp3) is 0.0667. The average molecular weight is 441 g/mol. The summed E-state index contributed by atoms with van der Waals surface area (Å²) in [6.07, 6.45) is 4.08. The van der Waals surface area contributed by atoms with Gasteiger partial charge in [-0.3, -0.25) is 3.97 Å². The maximum absolute atomic E-state index is 6.16. The first-order valence-electron chi connectivity index (χ1n) is 6.57. The minimum absolute atomic E-state index is 0.265. The van der Waals surface area contributed by atoms with Crippen LogP contribution in [0.1, 0.15) is 0 Å². The summed E-state index contributed by atoms with van der Waals surface area (Å²) in [5.41, 5.74) is 3.95. The molecule has 0 fully saturated rings. The first-order chi connectivity index (χ1) is 10.7. The van der Waals surface area contributed by atoms with Crippen LogP contribution in [-0.4, -0.2) is 18.5 Å². The lowest BCUT2D eigenvalue weighted by Crippen LogP contribution is -1.92. The molecule has 0 atom stereocenters. The van der Waals surface area contributed by atoms with Crippen molar-refractivity contribution in [3.8, 4) is 11.3 Å².